The smallest absolute Gasteiger partial charge is 0.399 e. The minimum atomic E-state index is -4.50. The molecule has 0 aliphatic carbocycles. The van der Waals surface area contributed by atoms with E-state index in [2.05, 4.69) is 20.6 Å². The molecule has 7 N–H and O–H groups in total. The minimum absolute atomic E-state index is 0.0593. The van der Waals surface area contributed by atoms with Gasteiger partial charge < -0.3 is 27.0 Å². The van der Waals surface area contributed by atoms with Crippen molar-refractivity contribution in [3.8, 4) is 0 Å². The molecule has 0 spiro atoms. The van der Waals surface area contributed by atoms with Crippen LogP contribution in [0.15, 0.2) is 54.9 Å². The molecule has 1 fully saturated rings. The first kappa shape index (κ1) is 23.8. The highest BCUT2D eigenvalue weighted by Crippen LogP contribution is 2.31. The first-order valence-corrected chi connectivity index (χ1v) is 10.7. The molecule has 1 aliphatic heterocycles. The Labute approximate surface area is 198 Å². The highest BCUT2D eigenvalue weighted by Gasteiger charge is 2.31. The topological polar surface area (TPSA) is 146 Å². The lowest BCUT2D eigenvalue weighted by Crippen LogP contribution is -2.35. The van der Waals surface area contributed by atoms with Crippen molar-refractivity contribution in [2.24, 2.45) is 0 Å². The van der Waals surface area contributed by atoms with Gasteiger partial charge in [0.2, 0.25) is 0 Å². The molecule has 3 aromatic rings. The number of nitrogen functional groups attached to an aromatic ring is 2. The van der Waals surface area contributed by atoms with E-state index in [4.69, 9.17) is 16.9 Å². The van der Waals surface area contributed by atoms with Crippen LogP contribution < -0.4 is 22.1 Å². The Morgan fingerprint density at radius 2 is 1.86 bits per heavy atom. The zero-order valence-electron chi connectivity index (χ0n) is 18.4. The van der Waals surface area contributed by atoms with Crippen molar-refractivity contribution < 1.29 is 18.0 Å². The highest BCUT2D eigenvalue weighted by atomic mass is 19.4. The number of nitrogens with zero attached hydrogens (tertiary/aromatic N) is 3. The van der Waals surface area contributed by atoms with Crippen molar-refractivity contribution >= 4 is 34.8 Å². The van der Waals surface area contributed by atoms with Gasteiger partial charge in [-0.2, -0.15) is 13.2 Å². The molecule has 0 radical (unpaired) electrons. The van der Waals surface area contributed by atoms with Gasteiger partial charge in [-0.05, 0) is 36.8 Å². The second kappa shape index (κ2) is 9.49. The van der Waals surface area contributed by atoms with E-state index < -0.39 is 17.8 Å². The van der Waals surface area contributed by atoms with E-state index in [1.807, 2.05) is 0 Å². The zero-order valence-corrected chi connectivity index (χ0v) is 18.4. The number of alkyl halides is 3. The Balaban J connectivity index is 1.44. The van der Waals surface area contributed by atoms with E-state index in [0.29, 0.717) is 35.6 Å². The number of likely N-dealkylation sites (tertiary alicyclic amines) is 1. The summed E-state index contributed by atoms with van der Waals surface area (Å²) in [7, 11) is 0. The number of urea groups is 1. The minimum Gasteiger partial charge on any atom is -0.399 e. The van der Waals surface area contributed by atoms with Gasteiger partial charge >= 0.3 is 12.2 Å². The number of hydrogen-bond donors (Lipinski definition) is 5. The van der Waals surface area contributed by atoms with E-state index >= 15 is 0 Å². The molecule has 12 heteroatoms. The number of carbonyl (C=O) groups is 1. The Morgan fingerprint density at radius 3 is 2.57 bits per heavy atom. The quantitative estimate of drug-likeness (QED) is 0.275. The van der Waals surface area contributed by atoms with Crippen LogP contribution in [0.3, 0.4) is 0 Å². The van der Waals surface area contributed by atoms with Crippen molar-refractivity contribution in [1.29, 1.82) is 5.41 Å². The van der Waals surface area contributed by atoms with Crippen LogP contribution in [0, 0.1) is 5.41 Å². The van der Waals surface area contributed by atoms with Gasteiger partial charge in [-0.25, -0.2) is 14.8 Å². The number of halogens is 3. The van der Waals surface area contributed by atoms with Crippen LogP contribution in [0.25, 0.3) is 0 Å². The van der Waals surface area contributed by atoms with E-state index in [9.17, 15) is 18.0 Å². The van der Waals surface area contributed by atoms with Gasteiger partial charge in [0, 0.05) is 36.1 Å². The zero-order chi connectivity index (χ0) is 25.2. The summed E-state index contributed by atoms with van der Waals surface area (Å²) in [6, 6.07) is 10.5. The molecule has 9 nitrogen and oxygen atoms in total. The van der Waals surface area contributed by atoms with Crippen LogP contribution >= 0.6 is 0 Å². The molecule has 4 rings (SSSR count). The molecule has 2 heterocycles. The van der Waals surface area contributed by atoms with Gasteiger partial charge in [0.05, 0.1) is 16.8 Å². The number of nitrogens with one attached hydrogen (secondary N) is 3. The molecular formula is C23H23F3N8O. The summed E-state index contributed by atoms with van der Waals surface area (Å²) in [4.78, 5) is 22.4. The average Bonchev–Trinajstić information content (AvgIpc) is 3.28. The van der Waals surface area contributed by atoms with Crippen LogP contribution in [0.2, 0.25) is 0 Å². The molecule has 1 saturated heterocycles. The Bertz CT molecular complexity index is 1250. The number of hydrogen-bond acceptors (Lipinski definition) is 7. The number of rotatable bonds is 5. The molecular weight excluding hydrogens is 461 g/mol. The van der Waals surface area contributed by atoms with Crippen LogP contribution in [-0.2, 0) is 6.18 Å². The fourth-order valence-electron chi connectivity index (χ4n) is 3.78. The second-order valence-electron chi connectivity index (χ2n) is 8.06. The number of benzene rings is 2. The van der Waals surface area contributed by atoms with Crippen LogP contribution in [0.5, 0.6) is 0 Å². The lowest BCUT2D eigenvalue weighted by atomic mass is 10.0. The van der Waals surface area contributed by atoms with Crippen molar-refractivity contribution in [1.82, 2.24) is 14.9 Å². The van der Waals surface area contributed by atoms with Crippen molar-refractivity contribution in [2.75, 3.05) is 35.2 Å². The summed E-state index contributed by atoms with van der Waals surface area (Å²) < 4.78 is 38.8. The van der Waals surface area contributed by atoms with E-state index in [-0.39, 0.29) is 29.8 Å². The molecule has 2 amide bonds. The summed E-state index contributed by atoms with van der Waals surface area (Å²) in [6.07, 6.45) is -2.65. The Morgan fingerprint density at radius 1 is 1.11 bits per heavy atom. The van der Waals surface area contributed by atoms with Gasteiger partial charge in [0.25, 0.3) is 0 Å². The molecule has 0 bridgehead atoms. The van der Waals surface area contributed by atoms with Gasteiger partial charge in [0.15, 0.2) is 0 Å². The predicted molar refractivity (Wildman–Crippen MR) is 127 cm³/mol. The van der Waals surface area contributed by atoms with Gasteiger partial charge in [0.1, 0.15) is 18.0 Å². The molecule has 1 aromatic heterocycles. The maximum atomic E-state index is 12.9. The molecule has 1 aliphatic rings. The Kier molecular flexibility index (Phi) is 6.45. The second-order valence-corrected chi connectivity index (χ2v) is 8.06. The normalized spacial score (nSPS) is 15.6. The third-order valence-corrected chi connectivity index (χ3v) is 5.58. The Hall–Kier alpha value is -4.35. The average molecular weight is 484 g/mol. The lowest BCUT2D eigenvalue weighted by Gasteiger charge is -2.20. The summed E-state index contributed by atoms with van der Waals surface area (Å²) in [5, 5.41) is 14.3. The number of amides is 2. The van der Waals surface area contributed by atoms with Crippen LogP contribution in [0.1, 0.15) is 23.1 Å². The molecule has 35 heavy (non-hydrogen) atoms. The van der Waals surface area contributed by atoms with Crippen LogP contribution in [-0.4, -0.2) is 45.7 Å². The summed E-state index contributed by atoms with van der Waals surface area (Å²) in [5.74, 6) is 0.478. The third-order valence-electron chi connectivity index (χ3n) is 5.58. The highest BCUT2D eigenvalue weighted by molar-refractivity contribution is 6.16. The third kappa shape index (κ3) is 5.42. The number of aromatic nitrogens is 2. The maximum Gasteiger partial charge on any atom is 0.416 e. The maximum absolute atomic E-state index is 12.9. The summed E-state index contributed by atoms with van der Waals surface area (Å²) in [6.45, 7) is 0.664. The largest absolute Gasteiger partial charge is 0.416 e. The van der Waals surface area contributed by atoms with Crippen molar-refractivity contribution in [3.05, 3.63) is 71.5 Å². The number of nitrogens with two attached hydrogens (primary N) is 2. The SMILES string of the molecule is N=C(c1ccc(N)cc1)c1c(N)ncnc1N[C@@H]1CCN(C(=O)Nc2cccc(C(F)(F)F)c2)C1. The summed E-state index contributed by atoms with van der Waals surface area (Å²) in [5.41, 5.74) is 12.6. The van der Waals surface area contributed by atoms with Gasteiger partial charge in [-0.1, -0.05) is 18.2 Å². The van der Waals surface area contributed by atoms with E-state index in [1.165, 1.54) is 23.4 Å². The van der Waals surface area contributed by atoms with Crippen molar-refractivity contribution in [3.63, 3.8) is 0 Å². The molecule has 2 aromatic carbocycles. The van der Waals surface area contributed by atoms with E-state index in [0.717, 1.165) is 12.1 Å². The van der Waals surface area contributed by atoms with Gasteiger partial charge in [-0.3, -0.25) is 5.41 Å². The number of anilines is 4. The summed E-state index contributed by atoms with van der Waals surface area (Å²) >= 11 is 0. The lowest BCUT2D eigenvalue weighted by molar-refractivity contribution is -0.137. The first-order valence-electron chi connectivity index (χ1n) is 10.7. The standard InChI is InChI=1S/C23H23F3N8O/c24-23(25,26)14-2-1-3-16(10-14)33-22(35)34-9-8-17(11-34)32-21-18(20(29)30-12-31-21)19(28)13-4-6-15(27)7-5-13/h1-7,10,12,17,28H,8-9,11,27H2,(H,33,35)(H3,29,30,31,32)/t17-/m1/s1. The van der Waals surface area contributed by atoms with Gasteiger partial charge in [-0.15, -0.1) is 0 Å². The molecule has 182 valence electrons. The fraction of sp³-hybridized carbons (Fsp3) is 0.217. The monoisotopic (exact) mass is 484 g/mol. The van der Waals surface area contributed by atoms with E-state index in [1.54, 1.807) is 24.3 Å². The fourth-order valence-corrected chi connectivity index (χ4v) is 3.78. The molecule has 0 saturated carbocycles. The first-order chi connectivity index (χ1) is 16.6. The van der Waals surface area contributed by atoms with Crippen LogP contribution in [0.4, 0.5) is 41.0 Å². The molecule has 0 unspecified atom stereocenters. The van der Waals surface area contributed by atoms with Crippen molar-refractivity contribution in [2.45, 2.75) is 18.6 Å². The predicted octanol–water partition coefficient (Wildman–Crippen LogP) is 3.79. The molecule has 1 atom stereocenters. The number of carbonyl (C=O) groups excluding carboxylic acids is 1.